The first-order valence-electron chi connectivity index (χ1n) is 9.57. The predicted octanol–water partition coefficient (Wildman–Crippen LogP) is 4.34. The van der Waals surface area contributed by atoms with Gasteiger partial charge in [0.05, 0.1) is 4.90 Å². The van der Waals surface area contributed by atoms with E-state index >= 15 is 0 Å². The number of rotatable bonds is 5. The molecule has 1 aliphatic rings. The Balaban J connectivity index is 1.40. The lowest BCUT2D eigenvalue weighted by atomic mass is 9.98. The predicted molar refractivity (Wildman–Crippen MR) is 104 cm³/mol. The van der Waals surface area contributed by atoms with Crippen LogP contribution in [0.15, 0.2) is 57.8 Å². The highest BCUT2D eigenvalue weighted by molar-refractivity contribution is 7.89. The highest BCUT2D eigenvalue weighted by Crippen LogP contribution is 2.32. The molecule has 170 valence electrons. The molecule has 0 N–H and O–H groups in total. The zero-order valence-electron chi connectivity index (χ0n) is 16.4. The molecular weight excluding hydrogens is 454 g/mol. The Morgan fingerprint density at radius 1 is 0.969 bits per heavy atom. The van der Waals surface area contributed by atoms with Crippen LogP contribution in [-0.2, 0) is 10.0 Å². The molecule has 0 spiro atoms. The van der Waals surface area contributed by atoms with Gasteiger partial charge in [-0.05, 0) is 61.4 Å². The highest BCUT2D eigenvalue weighted by Gasteiger charge is 2.33. The zero-order valence-corrected chi connectivity index (χ0v) is 17.2. The summed E-state index contributed by atoms with van der Waals surface area (Å²) in [6.45, 7) is 0.365. The summed E-state index contributed by atoms with van der Waals surface area (Å²) in [5.74, 6) is -0.412. The minimum absolute atomic E-state index is 0.123. The molecule has 4 rings (SSSR count). The van der Waals surface area contributed by atoms with E-state index in [1.165, 1.54) is 28.6 Å². The van der Waals surface area contributed by atoms with Gasteiger partial charge in [-0.15, -0.1) is 23.4 Å². The Kier molecular flexibility index (Phi) is 5.91. The molecule has 1 aromatic heterocycles. The van der Waals surface area contributed by atoms with Gasteiger partial charge >= 0.3 is 6.36 Å². The molecule has 0 bridgehead atoms. The first kappa shape index (κ1) is 22.2. The van der Waals surface area contributed by atoms with E-state index in [1.54, 1.807) is 0 Å². The lowest BCUT2D eigenvalue weighted by Crippen LogP contribution is -2.37. The third kappa shape index (κ3) is 4.91. The largest absolute Gasteiger partial charge is 0.573 e. The summed E-state index contributed by atoms with van der Waals surface area (Å²) < 4.78 is 86.3. The van der Waals surface area contributed by atoms with Crippen LogP contribution in [0.2, 0.25) is 0 Å². The molecule has 0 atom stereocenters. The van der Waals surface area contributed by atoms with E-state index in [0.717, 1.165) is 24.3 Å². The van der Waals surface area contributed by atoms with Gasteiger partial charge in [0.25, 0.3) is 0 Å². The Labute approximate surface area is 180 Å². The van der Waals surface area contributed by atoms with Gasteiger partial charge in [0, 0.05) is 24.6 Å². The molecule has 1 aliphatic heterocycles. The van der Waals surface area contributed by atoms with Gasteiger partial charge in [-0.1, -0.05) is 0 Å². The van der Waals surface area contributed by atoms with Crippen LogP contribution in [0.25, 0.3) is 11.5 Å². The van der Waals surface area contributed by atoms with Crippen molar-refractivity contribution in [1.29, 1.82) is 0 Å². The van der Waals surface area contributed by atoms with Gasteiger partial charge in [-0.25, -0.2) is 12.8 Å². The smallest absolute Gasteiger partial charge is 0.420 e. The molecule has 1 fully saturated rings. The van der Waals surface area contributed by atoms with E-state index in [-0.39, 0.29) is 35.6 Å². The van der Waals surface area contributed by atoms with Crippen molar-refractivity contribution in [3.8, 4) is 17.2 Å². The summed E-state index contributed by atoms with van der Waals surface area (Å²) in [6, 6.07) is 9.68. The van der Waals surface area contributed by atoms with Crippen molar-refractivity contribution in [3.63, 3.8) is 0 Å². The van der Waals surface area contributed by atoms with E-state index < -0.39 is 22.1 Å². The maximum Gasteiger partial charge on any atom is 0.573 e. The second kappa shape index (κ2) is 8.51. The summed E-state index contributed by atoms with van der Waals surface area (Å²) in [7, 11) is -3.88. The summed E-state index contributed by atoms with van der Waals surface area (Å²) >= 11 is 0. The maximum absolute atomic E-state index is 13.1. The van der Waals surface area contributed by atoms with Crippen LogP contribution in [0.1, 0.15) is 24.7 Å². The summed E-state index contributed by atoms with van der Waals surface area (Å²) in [5, 5.41) is 8.02. The number of halogens is 4. The van der Waals surface area contributed by atoms with Gasteiger partial charge in [0.15, 0.2) is 0 Å². The number of alkyl halides is 3. The number of hydrogen-bond donors (Lipinski definition) is 0. The molecule has 12 heteroatoms. The van der Waals surface area contributed by atoms with Crippen molar-refractivity contribution in [1.82, 2.24) is 14.5 Å². The molecule has 7 nitrogen and oxygen atoms in total. The highest BCUT2D eigenvalue weighted by atomic mass is 32.2. The number of piperidine rings is 1. The first-order chi connectivity index (χ1) is 15.1. The summed E-state index contributed by atoms with van der Waals surface area (Å²) in [6.07, 6.45) is -3.99. The lowest BCUT2D eigenvalue weighted by Gasteiger charge is -2.29. The Morgan fingerprint density at radius 3 is 2.19 bits per heavy atom. The van der Waals surface area contributed by atoms with Crippen molar-refractivity contribution in [3.05, 3.63) is 60.2 Å². The van der Waals surface area contributed by atoms with Crippen molar-refractivity contribution in [2.24, 2.45) is 0 Å². The van der Waals surface area contributed by atoms with Gasteiger partial charge < -0.3 is 9.15 Å². The van der Waals surface area contributed by atoms with Crippen molar-refractivity contribution < 1.29 is 35.1 Å². The summed E-state index contributed by atoms with van der Waals surface area (Å²) in [4.78, 5) is -0.123. The molecule has 1 saturated heterocycles. The fourth-order valence-corrected chi connectivity index (χ4v) is 4.88. The molecule has 2 heterocycles. The SMILES string of the molecule is O=S(=O)(c1ccc(OC(F)(F)F)cc1)N1CCC(c2nnc(-c3ccc(F)cc3)o2)CC1. The van der Waals surface area contributed by atoms with Crippen LogP contribution >= 0.6 is 0 Å². The summed E-state index contributed by atoms with van der Waals surface area (Å²) in [5.41, 5.74) is 0.572. The fourth-order valence-electron chi connectivity index (χ4n) is 3.41. The van der Waals surface area contributed by atoms with E-state index in [0.29, 0.717) is 24.3 Å². The molecule has 2 aromatic carbocycles. The van der Waals surface area contributed by atoms with Gasteiger partial charge in [-0.2, -0.15) is 4.31 Å². The van der Waals surface area contributed by atoms with Crippen molar-refractivity contribution in [2.75, 3.05) is 13.1 Å². The third-order valence-electron chi connectivity index (χ3n) is 5.03. The third-order valence-corrected chi connectivity index (χ3v) is 6.94. The standard InChI is InChI=1S/C20H17F4N3O4S/c21-15-3-1-13(2-4-15)18-25-26-19(30-18)14-9-11-27(12-10-14)32(28,29)17-7-5-16(6-8-17)31-20(22,23)24/h1-8,14H,9-12H2. The fraction of sp³-hybridized carbons (Fsp3) is 0.300. The van der Waals surface area contributed by atoms with Gasteiger partial charge in [0.2, 0.25) is 21.8 Å². The number of nitrogens with zero attached hydrogens (tertiary/aromatic N) is 3. The Hall–Kier alpha value is -2.99. The molecule has 0 aliphatic carbocycles. The quantitative estimate of drug-likeness (QED) is 0.515. The van der Waals surface area contributed by atoms with E-state index in [4.69, 9.17) is 4.42 Å². The monoisotopic (exact) mass is 471 g/mol. The van der Waals surface area contributed by atoms with Crippen molar-refractivity contribution >= 4 is 10.0 Å². The lowest BCUT2D eigenvalue weighted by molar-refractivity contribution is -0.274. The average molecular weight is 471 g/mol. The minimum atomic E-state index is -4.85. The number of aromatic nitrogens is 2. The van der Waals surface area contributed by atoms with Crippen LogP contribution in [0.3, 0.4) is 0 Å². The normalized spacial score (nSPS) is 16.2. The second-order valence-electron chi connectivity index (χ2n) is 7.15. The maximum atomic E-state index is 13.1. The molecule has 0 amide bonds. The average Bonchev–Trinajstić information content (AvgIpc) is 3.24. The van der Waals surface area contributed by atoms with Crippen molar-refractivity contribution in [2.45, 2.75) is 30.0 Å². The number of sulfonamides is 1. The van der Waals surface area contributed by atoms with E-state index in [9.17, 15) is 26.0 Å². The van der Waals surface area contributed by atoms with Crippen LogP contribution in [0.4, 0.5) is 17.6 Å². The Morgan fingerprint density at radius 2 is 1.59 bits per heavy atom. The van der Waals surface area contributed by atoms with Crippen LogP contribution in [0, 0.1) is 5.82 Å². The van der Waals surface area contributed by atoms with Crippen LogP contribution < -0.4 is 4.74 Å². The number of benzene rings is 2. The molecule has 32 heavy (non-hydrogen) atoms. The van der Waals surface area contributed by atoms with E-state index in [2.05, 4.69) is 14.9 Å². The second-order valence-corrected chi connectivity index (χ2v) is 9.09. The zero-order chi connectivity index (χ0) is 22.9. The van der Waals surface area contributed by atoms with Gasteiger partial charge in [0.1, 0.15) is 11.6 Å². The first-order valence-corrected chi connectivity index (χ1v) is 11.0. The molecular formula is C20H17F4N3O4S. The molecule has 0 saturated carbocycles. The Bertz CT molecular complexity index is 1170. The van der Waals surface area contributed by atoms with Gasteiger partial charge in [-0.3, -0.25) is 0 Å². The van der Waals surface area contributed by atoms with Crippen LogP contribution in [-0.4, -0.2) is 42.4 Å². The molecule has 3 aromatic rings. The molecule has 0 unspecified atom stereocenters. The van der Waals surface area contributed by atoms with Crippen LogP contribution in [0.5, 0.6) is 5.75 Å². The number of ether oxygens (including phenoxy) is 1. The topological polar surface area (TPSA) is 85.5 Å². The minimum Gasteiger partial charge on any atom is -0.420 e. The number of hydrogen-bond acceptors (Lipinski definition) is 6. The molecule has 0 radical (unpaired) electrons. The van der Waals surface area contributed by atoms with E-state index in [1.807, 2.05) is 0 Å².